The van der Waals surface area contributed by atoms with E-state index in [1.54, 1.807) is 0 Å². The predicted molar refractivity (Wildman–Crippen MR) is 59.7 cm³/mol. The van der Waals surface area contributed by atoms with Crippen LogP contribution in [0.4, 0.5) is 8.78 Å². The number of nitrogens with zero attached hydrogens (tertiary/aromatic N) is 1. The Bertz CT molecular complexity index is 492. The summed E-state index contributed by atoms with van der Waals surface area (Å²) < 4.78 is 46.9. The normalized spacial score (nSPS) is 12.1. The van der Waals surface area contributed by atoms with E-state index in [9.17, 15) is 17.2 Å². The van der Waals surface area contributed by atoms with Crippen molar-refractivity contribution >= 4 is 42.3 Å². The Balaban J connectivity index is 3.56. The van der Waals surface area contributed by atoms with Crippen molar-refractivity contribution in [3.8, 4) is 0 Å². The van der Waals surface area contributed by atoms with Crippen LogP contribution in [0.3, 0.4) is 0 Å². The number of aromatic nitrogens is 1. The van der Waals surface area contributed by atoms with Crippen molar-refractivity contribution in [1.29, 1.82) is 0 Å². The Morgan fingerprint density at radius 2 is 2.07 bits per heavy atom. The first-order chi connectivity index (χ1) is 6.73. The van der Waals surface area contributed by atoms with Crippen LogP contribution in [0.15, 0.2) is 11.0 Å². The minimum absolute atomic E-state index is 0.136. The van der Waals surface area contributed by atoms with Gasteiger partial charge in [-0.3, -0.25) is 4.98 Å². The maximum atomic E-state index is 12.5. The number of alkyl halides is 2. The van der Waals surface area contributed by atoms with E-state index in [1.807, 2.05) is 0 Å². The Hall–Kier alpha value is -0.0200. The molecule has 15 heavy (non-hydrogen) atoms. The molecule has 1 aromatic heterocycles. The van der Waals surface area contributed by atoms with Crippen LogP contribution in [0.2, 0.25) is 0 Å². The number of aryl methyl sites for hydroxylation is 1. The molecule has 8 heteroatoms. The van der Waals surface area contributed by atoms with Gasteiger partial charge in [-0.25, -0.2) is 17.2 Å². The van der Waals surface area contributed by atoms with Crippen LogP contribution < -0.4 is 0 Å². The third kappa shape index (κ3) is 2.97. The summed E-state index contributed by atoms with van der Waals surface area (Å²) in [5.74, 6) is 0. The highest BCUT2D eigenvalue weighted by Crippen LogP contribution is 2.30. The van der Waals surface area contributed by atoms with Gasteiger partial charge in [-0.05, 0) is 35.6 Å². The highest BCUT2D eigenvalue weighted by atomic mass is 127. The fourth-order valence-corrected chi connectivity index (χ4v) is 3.74. The lowest BCUT2D eigenvalue weighted by Crippen LogP contribution is -2.04. The predicted octanol–water partition coefficient (Wildman–Crippen LogP) is 2.86. The molecule has 0 spiro atoms. The second kappa shape index (κ2) is 4.46. The summed E-state index contributed by atoms with van der Waals surface area (Å²) in [5, 5.41) is 0. The molecular weight excluding hydrogens is 363 g/mol. The zero-order valence-corrected chi connectivity index (χ0v) is 11.1. The molecule has 0 radical (unpaired) electrons. The van der Waals surface area contributed by atoms with Crippen molar-refractivity contribution in [1.82, 2.24) is 4.98 Å². The topological polar surface area (TPSA) is 47.0 Å². The average Bonchev–Trinajstić information content (AvgIpc) is 2.06. The molecule has 0 unspecified atom stereocenters. The molecule has 0 saturated carbocycles. The maximum absolute atomic E-state index is 12.5. The molecule has 0 amide bonds. The molecule has 0 N–H and O–H groups in total. The lowest BCUT2D eigenvalue weighted by atomic mass is 10.3. The summed E-state index contributed by atoms with van der Waals surface area (Å²) in [6, 6.07) is 1.16. The van der Waals surface area contributed by atoms with E-state index in [1.165, 1.54) is 29.5 Å². The number of pyridine rings is 1. The summed E-state index contributed by atoms with van der Waals surface area (Å²) in [5.41, 5.74) is -0.375. The summed E-state index contributed by atoms with van der Waals surface area (Å²) in [7, 11) is 1.09. The van der Waals surface area contributed by atoms with Crippen LogP contribution in [0.1, 0.15) is 17.8 Å². The molecule has 1 rings (SSSR count). The summed E-state index contributed by atoms with van der Waals surface area (Å²) in [6.45, 7) is 1.42. The zero-order valence-electron chi connectivity index (χ0n) is 7.34. The van der Waals surface area contributed by atoms with E-state index in [0.29, 0.717) is 0 Å². The van der Waals surface area contributed by atoms with Crippen LogP contribution >= 0.6 is 33.3 Å². The fourth-order valence-electron chi connectivity index (χ4n) is 0.973. The van der Waals surface area contributed by atoms with Crippen molar-refractivity contribution < 1.29 is 17.2 Å². The Labute approximate surface area is 103 Å². The van der Waals surface area contributed by atoms with Gasteiger partial charge in [0, 0.05) is 16.4 Å². The molecule has 0 atom stereocenters. The van der Waals surface area contributed by atoms with Crippen molar-refractivity contribution in [3.63, 3.8) is 0 Å². The summed E-state index contributed by atoms with van der Waals surface area (Å²) >= 11 is 1.49. The van der Waals surface area contributed by atoms with Crippen molar-refractivity contribution in [2.75, 3.05) is 0 Å². The van der Waals surface area contributed by atoms with E-state index in [4.69, 9.17) is 10.7 Å². The van der Waals surface area contributed by atoms with Gasteiger partial charge < -0.3 is 0 Å². The van der Waals surface area contributed by atoms with E-state index >= 15 is 0 Å². The molecule has 84 valence electrons. The lowest BCUT2D eigenvalue weighted by molar-refractivity contribution is 0.144. The highest BCUT2D eigenvalue weighted by Gasteiger charge is 2.23. The first kappa shape index (κ1) is 13.0. The number of halogens is 4. The van der Waals surface area contributed by atoms with Gasteiger partial charge in [0.2, 0.25) is 0 Å². The minimum Gasteiger partial charge on any atom is -0.251 e. The van der Waals surface area contributed by atoms with Crippen LogP contribution in [0.5, 0.6) is 0 Å². The Kier molecular flexibility index (Phi) is 3.88. The molecule has 0 aliphatic rings. The molecule has 0 aliphatic carbocycles. The van der Waals surface area contributed by atoms with Crippen LogP contribution in [-0.4, -0.2) is 13.4 Å². The fraction of sp³-hybridized carbons (Fsp3) is 0.286. The van der Waals surface area contributed by atoms with Crippen LogP contribution in [0.25, 0.3) is 0 Å². The standard InChI is InChI=1S/C7H5ClF2INO2S/c1-3-2-4(15(8,13)14)5(11)6(12-3)7(9)10/h2,7H,1H3. The van der Waals surface area contributed by atoms with Gasteiger partial charge in [0.25, 0.3) is 15.5 Å². The molecule has 0 aromatic carbocycles. The van der Waals surface area contributed by atoms with Gasteiger partial charge in [0.15, 0.2) is 0 Å². The largest absolute Gasteiger partial charge is 0.281 e. The van der Waals surface area contributed by atoms with E-state index in [-0.39, 0.29) is 14.2 Å². The maximum Gasteiger partial charge on any atom is 0.281 e. The summed E-state index contributed by atoms with van der Waals surface area (Å²) in [4.78, 5) is 3.24. The molecule has 1 aromatic rings. The SMILES string of the molecule is Cc1cc(S(=O)(=O)Cl)c(I)c(C(F)F)n1. The molecule has 3 nitrogen and oxygen atoms in total. The van der Waals surface area contributed by atoms with Gasteiger partial charge in [0.1, 0.15) is 5.69 Å². The Morgan fingerprint density at radius 1 is 1.53 bits per heavy atom. The second-order valence-electron chi connectivity index (χ2n) is 2.70. The van der Waals surface area contributed by atoms with Gasteiger partial charge >= 0.3 is 0 Å². The van der Waals surface area contributed by atoms with Crippen molar-refractivity contribution in [3.05, 3.63) is 21.0 Å². The quantitative estimate of drug-likeness (QED) is 0.596. The van der Waals surface area contributed by atoms with E-state index in [0.717, 1.165) is 6.07 Å². The zero-order chi connectivity index (χ0) is 11.8. The molecule has 0 saturated heterocycles. The van der Waals surface area contributed by atoms with Gasteiger partial charge in [-0.15, -0.1) is 0 Å². The van der Waals surface area contributed by atoms with Crippen molar-refractivity contribution in [2.24, 2.45) is 0 Å². The van der Waals surface area contributed by atoms with E-state index in [2.05, 4.69) is 4.98 Å². The smallest absolute Gasteiger partial charge is 0.251 e. The molecule has 0 aliphatic heterocycles. The van der Waals surface area contributed by atoms with Gasteiger partial charge in [-0.1, -0.05) is 0 Å². The Morgan fingerprint density at radius 3 is 2.47 bits per heavy atom. The third-order valence-corrected chi connectivity index (χ3v) is 4.39. The molecule has 1 heterocycles. The highest BCUT2D eigenvalue weighted by molar-refractivity contribution is 14.1. The van der Waals surface area contributed by atoms with Crippen molar-refractivity contribution in [2.45, 2.75) is 18.2 Å². The number of hydrogen-bond acceptors (Lipinski definition) is 3. The minimum atomic E-state index is -4.02. The summed E-state index contributed by atoms with van der Waals surface area (Å²) in [6.07, 6.45) is -2.83. The molecular formula is C7H5ClF2INO2S. The monoisotopic (exact) mass is 367 g/mol. The molecule has 0 fully saturated rings. The average molecular weight is 368 g/mol. The number of rotatable bonds is 2. The van der Waals surface area contributed by atoms with Gasteiger partial charge in [-0.2, -0.15) is 0 Å². The third-order valence-electron chi connectivity index (χ3n) is 1.55. The second-order valence-corrected chi connectivity index (χ2v) is 6.31. The first-order valence-corrected chi connectivity index (χ1v) is 7.02. The van der Waals surface area contributed by atoms with Crippen LogP contribution in [-0.2, 0) is 9.05 Å². The lowest BCUT2D eigenvalue weighted by Gasteiger charge is -2.07. The van der Waals surface area contributed by atoms with Gasteiger partial charge in [0.05, 0.1) is 8.47 Å². The molecule has 0 bridgehead atoms. The van der Waals surface area contributed by atoms with Crippen LogP contribution in [0, 0.1) is 10.5 Å². The first-order valence-electron chi connectivity index (χ1n) is 3.63. The number of hydrogen-bond donors (Lipinski definition) is 0. The van der Waals surface area contributed by atoms with E-state index < -0.39 is 21.2 Å².